The lowest BCUT2D eigenvalue weighted by Gasteiger charge is -2.41. The summed E-state index contributed by atoms with van der Waals surface area (Å²) in [7, 11) is 0. The van der Waals surface area contributed by atoms with Crippen LogP contribution in [0.1, 0.15) is 58.8 Å². The van der Waals surface area contributed by atoms with E-state index in [-0.39, 0.29) is 11.5 Å². The maximum absolute atomic E-state index is 10.8. The van der Waals surface area contributed by atoms with Crippen molar-refractivity contribution in [3.05, 3.63) is 0 Å². The first-order valence-corrected chi connectivity index (χ1v) is 7.40. The van der Waals surface area contributed by atoms with E-state index in [9.17, 15) is 5.11 Å². The summed E-state index contributed by atoms with van der Waals surface area (Å²) in [4.78, 5) is 0. The Morgan fingerprint density at radius 1 is 1.24 bits per heavy atom. The van der Waals surface area contributed by atoms with Crippen molar-refractivity contribution in [2.45, 2.75) is 64.9 Å². The van der Waals surface area contributed by atoms with Gasteiger partial charge >= 0.3 is 0 Å². The van der Waals surface area contributed by atoms with Crippen molar-refractivity contribution in [3.63, 3.8) is 0 Å². The fourth-order valence-electron chi connectivity index (χ4n) is 4.03. The van der Waals surface area contributed by atoms with Gasteiger partial charge in [0.05, 0.1) is 12.7 Å². The second-order valence-electron chi connectivity index (χ2n) is 6.59. The number of aliphatic hydroxyl groups excluding tert-OH is 1. The molecule has 1 saturated heterocycles. The lowest BCUT2D eigenvalue weighted by atomic mass is 9.69. The van der Waals surface area contributed by atoms with E-state index in [2.05, 4.69) is 13.8 Å². The third kappa shape index (κ3) is 3.03. The largest absolute Gasteiger partial charge is 0.392 e. The molecule has 2 unspecified atom stereocenters. The van der Waals surface area contributed by atoms with Crippen molar-refractivity contribution in [3.8, 4) is 0 Å². The van der Waals surface area contributed by atoms with E-state index < -0.39 is 0 Å². The van der Waals surface area contributed by atoms with Crippen LogP contribution in [0.25, 0.3) is 0 Å². The molecule has 0 aromatic rings. The fraction of sp³-hybridized carbons (Fsp3) is 1.00. The van der Waals surface area contributed by atoms with Crippen LogP contribution in [0.5, 0.6) is 0 Å². The summed E-state index contributed by atoms with van der Waals surface area (Å²) in [6.45, 7) is 6.23. The van der Waals surface area contributed by atoms with E-state index in [1.54, 1.807) is 0 Å². The first kappa shape index (κ1) is 13.4. The zero-order valence-corrected chi connectivity index (χ0v) is 11.5. The number of hydrogen-bond donors (Lipinski definition) is 1. The highest BCUT2D eigenvalue weighted by Crippen LogP contribution is 2.48. The molecule has 0 spiro atoms. The van der Waals surface area contributed by atoms with Gasteiger partial charge in [-0.05, 0) is 43.4 Å². The van der Waals surface area contributed by atoms with E-state index in [0.717, 1.165) is 26.1 Å². The van der Waals surface area contributed by atoms with Crippen LogP contribution in [-0.2, 0) is 4.74 Å². The van der Waals surface area contributed by atoms with Gasteiger partial charge in [0, 0.05) is 12.5 Å². The van der Waals surface area contributed by atoms with Crippen molar-refractivity contribution < 1.29 is 9.84 Å². The molecule has 1 aliphatic heterocycles. The van der Waals surface area contributed by atoms with Crippen LogP contribution in [0, 0.1) is 17.3 Å². The number of ether oxygens (including phenoxy) is 1. The Hall–Kier alpha value is -0.0800. The highest BCUT2D eigenvalue weighted by atomic mass is 16.5. The van der Waals surface area contributed by atoms with Gasteiger partial charge in [0.1, 0.15) is 0 Å². The molecule has 0 radical (unpaired) electrons. The molecule has 2 aliphatic rings. The number of aliphatic hydroxyl groups is 1. The van der Waals surface area contributed by atoms with Gasteiger partial charge < -0.3 is 9.84 Å². The predicted octanol–water partition coefficient (Wildman–Crippen LogP) is 3.38. The molecule has 1 saturated carbocycles. The summed E-state index contributed by atoms with van der Waals surface area (Å²) < 4.78 is 5.55. The highest BCUT2D eigenvalue weighted by molar-refractivity contribution is 4.94. The van der Waals surface area contributed by atoms with Crippen LogP contribution >= 0.6 is 0 Å². The second kappa shape index (κ2) is 5.71. The van der Waals surface area contributed by atoms with E-state index in [1.165, 1.54) is 32.1 Å². The molecule has 2 fully saturated rings. The molecule has 1 heterocycles. The average Bonchev–Trinajstić information content (AvgIpc) is 2.78. The molecule has 2 heteroatoms. The van der Waals surface area contributed by atoms with Gasteiger partial charge in [-0.15, -0.1) is 0 Å². The maximum atomic E-state index is 10.8. The molecule has 0 aromatic carbocycles. The van der Waals surface area contributed by atoms with Crippen molar-refractivity contribution >= 4 is 0 Å². The Morgan fingerprint density at radius 3 is 2.47 bits per heavy atom. The molecule has 1 aliphatic carbocycles. The van der Waals surface area contributed by atoms with E-state index in [1.807, 2.05) is 0 Å². The predicted molar refractivity (Wildman–Crippen MR) is 69.9 cm³/mol. The van der Waals surface area contributed by atoms with Gasteiger partial charge in [0.25, 0.3) is 0 Å². The summed E-state index contributed by atoms with van der Waals surface area (Å²) >= 11 is 0. The monoisotopic (exact) mass is 240 g/mol. The molecule has 0 bridgehead atoms. The molecule has 100 valence electrons. The summed E-state index contributed by atoms with van der Waals surface area (Å²) in [5, 5.41) is 10.8. The standard InChI is InChI=1S/C15H28O2/c1-12(2)10-15(7-3-4-8-15)14(16)13-6-5-9-17-11-13/h12-14,16H,3-11H2,1-2H3. The Kier molecular flexibility index (Phi) is 4.48. The van der Waals surface area contributed by atoms with E-state index in [4.69, 9.17) is 4.74 Å². The number of hydrogen-bond acceptors (Lipinski definition) is 2. The van der Waals surface area contributed by atoms with Gasteiger partial charge in [-0.25, -0.2) is 0 Å². The second-order valence-corrected chi connectivity index (χ2v) is 6.59. The van der Waals surface area contributed by atoms with Gasteiger partial charge in [0.2, 0.25) is 0 Å². The molecular formula is C15H28O2. The van der Waals surface area contributed by atoms with E-state index >= 15 is 0 Å². The minimum absolute atomic E-state index is 0.132. The quantitative estimate of drug-likeness (QED) is 0.816. The number of rotatable bonds is 4. The zero-order chi connectivity index (χ0) is 12.3. The van der Waals surface area contributed by atoms with Crippen molar-refractivity contribution in [1.29, 1.82) is 0 Å². The van der Waals surface area contributed by atoms with Gasteiger partial charge in [0.15, 0.2) is 0 Å². The lowest BCUT2D eigenvalue weighted by molar-refractivity contribution is -0.0761. The van der Waals surface area contributed by atoms with Gasteiger partial charge in [-0.3, -0.25) is 0 Å². The lowest BCUT2D eigenvalue weighted by Crippen LogP contribution is -2.42. The van der Waals surface area contributed by atoms with Crippen LogP contribution in [0.15, 0.2) is 0 Å². The molecule has 2 rings (SSSR count). The molecule has 1 N–H and O–H groups in total. The van der Waals surface area contributed by atoms with Crippen LogP contribution in [0.3, 0.4) is 0 Å². The smallest absolute Gasteiger partial charge is 0.0646 e. The summed E-state index contributed by atoms with van der Waals surface area (Å²) in [6.07, 6.45) is 8.39. The minimum Gasteiger partial charge on any atom is -0.392 e. The average molecular weight is 240 g/mol. The highest BCUT2D eigenvalue weighted by Gasteiger charge is 2.44. The summed E-state index contributed by atoms with van der Waals surface area (Å²) in [5.74, 6) is 1.08. The zero-order valence-electron chi connectivity index (χ0n) is 11.5. The Morgan fingerprint density at radius 2 is 1.94 bits per heavy atom. The SMILES string of the molecule is CC(C)CC1(C(O)C2CCCOC2)CCCC1. The van der Waals surface area contributed by atoms with Crippen LogP contribution in [-0.4, -0.2) is 24.4 Å². The van der Waals surface area contributed by atoms with Crippen LogP contribution in [0.2, 0.25) is 0 Å². The van der Waals surface area contributed by atoms with Crippen molar-refractivity contribution in [2.24, 2.45) is 17.3 Å². The third-order valence-electron chi connectivity index (χ3n) is 4.68. The minimum atomic E-state index is -0.132. The third-order valence-corrected chi connectivity index (χ3v) is 4.68. The molecule has 2 nitrogen and oxygen atoms in total. The molecular weight excluding hydrogens is 212 g/mol. The fourth-order valence-corrected chi connectivity index (χ4v) is 4.03. The normalized spacial score (nSPS) is 30.7. The van der Waals surface area contributed by atoms with Crippen LogP contribution < -0.4 is 0 Å². The maximum Gasteiger partial charge on any atom is 0.0646 e. The molecule has 0 amide bonds. The van der Waals surface area contributed by atoms with Gasteiger partial charge in [-0.2, -0.15) is 0 Å². The molecule has 0 aromatic heterocycles. The Balaban J connectivity index is 2.03. The summed E-state index contributed by atoms with van der Waals surface area (Å²) in [5.41, 5.74) is 0.208. The van der Waals surface area contributed by atoms with Crippen LogP contribution in [0.4, 0.5) is 0 Å². The first-order valence-electron chi connectivity index (χ1n) is 7.40. The van der Waals surface area contributed by atoms with Gasteiger partial charge in [-0.1, -0.05) is 26.7 Å². The summed E-state index contributed by atoms with van der Waals surface area (Å²) in [6, 6.07) is 0. The Bertz CT molecular complexity index is 225. The molecule has 2 atom stereocenters. The van der Waals surface area contributed by atoms with E-state index in [0.29, 0.717) is 11.8 Å². The van der Waals surface area contributed by atoms with Crippen molar-refractivity contribution in [2.75, 3.05) is 13.2 Å². The first-order chi connectivity index (χ1) is 8.14. The Labute approximate surface area is 106 Å². The van der Waals surface area contributed by atoms with Crippen molar-refractivity contribution in [1.82, 2.24) is 0 Å². The molecule has 17 heavy (non-hydrogen) atoms. The topological polar surface area (TPSA) is 29.5 Å².